The monoisotopic (exact) mass is 459 g/mol. The number of benzene rings is 1. The Morgan fingerprint density at radius 3 is 2.57 bits per heavy atom. The van der Waals surface area contributed by atoms with Gasteiger partial charge in [0.1, 0.15) is 0 Å². The first kappa shape index (κ1) is 21.1. The number of thiophene rings is 2. The van der Waals surface area contributed by atoms with Gasteiger partial charge in [-0.25, -0.2) is 0 Å². The molecule has 0 bridgehead atoms. The second-order valence-corrected chi connectivity index (χ2v) is 9.88. The molecule has 2 amide bonds. The fraction of sp³-hybridized carbons (Fsp3) is 0.273. The van der Waals surface area contributed by atoms with E-state index < -0.39 is 0 Å². The van der Waals surface area contributed by atoms with E-state index in [0.29, 0.717) is 23.0 Å². The molecule has 1 fully saturated rings. The van der Waals surface area contributed by atoms with Crippen molar-refractivity contribution < 1.29 is 9.59 Å². The van der Waals surface area contributed by atoms with E-state index in [2.05, 4.69) is 28.4 Å². The molecule has 0 unspecified atom stereocenters. The molecule has 156 valence electrons. The molecular formula is C22H22ClN3O2S2. The highest BCUT2D eigenvalue weighted by atomic mass is 35.5. The van der Waals surface area contributed by atoms with Crippen molar-refractivity contribution in [1.29, 1.82) is 0 Å². The van der Waals surface area contributed by atoms with Crippen LogP contribution in [0.3, 0.4) is 0 Å². The van der Waals surface area contributed by atoms with Crippen LogP contribution in [-0.4, -0.2) is 47.8 Å². The molecule has 3 aromatic rings. The summed E-state index contributed by atoms with van der Waals surface area (Å²) in [5, 5.41) is 4.18. The van der Waals surface area contributed by atoms with Gasteiger partial charge in [0, 0.05) is 54.4 Å². The molecule has 1 N–H and O–H groups in total. The summed E-state index contributed by atoms with van der Waals surface area (Å²) < 4.78 is 0. The molecule has 3 heterocycles. The molecule has 1 saturated heterocycles. The summed E-state index contributed by atoms with van der Waals surface area (Å²) in [5.41, 5.74) is 1.14. The number of carbonyl (C=O) groups is 2. The van der Waals surface area contributed by atoms with Crippen LogP contribution in [0.15, 0.2) is 48.5 Å². The van der Waals surface area contributed by atoms with Crippen molar-refractivity contribution in [1.82, 2.24) is 9.80 Å². The molecule has 1 aliphatic rings. The number of anilines is 1. The first-order valence-electron chi connectivity index (χ1n) is 9.71. The maximum atomic E-state index is 12.7. The van der Waals surface area contributed by atoms with E-state index in [1.807, 2.05) is 23.1 Å². The highest BCUT2D eigenvalue weighted by molar-refractivity contribution is 7.18. The molecule has 2 aromatic heterocycles. The zero-order chi connectivity index (χ0) is 21.1. The van der Waals surface area contributed by atoms with Crippen LogP contribution >= 0.6 is 34.3 Å². The molecule has 0 radical (unpaired) electrons. The Balaban J connectivity index is 1.31. The first-order valence-corrected chi connectivity index (χ1v) is 11.7. The lowest BCUT2D eigenvalue weighted by molar-refractivity contribution is -0.114. The van der Waals surface area contributed by atoms with E-state index in [0.717, 1.165) is 30.2 Å². The smallest absolute Gasteiger partial charge is 0.264 e. The molecule has 0 aliphatic carbocycles. The fourth-order valence-electron chi connectivity index (χ4n) is 3.44. The Kier molecular flexibility index (Phi) is 6.53. The van der Waals surface area contributed by atoms with Crippen LogP contribution in [0.4, 0.5) is 5.00 Å². The molecule has 8 heteroatoms. The average molecular weight is 460 g/mol. The lowest BCUT2D eigenvalue weighted by Gasteiger charge is -2.34. The normalized spacial score (nSPS) is 14.7. The van der Waals surface area contributed by atoms with Crippen molar-refractivity contribution in [2.45, 2.75) is 13.5 Å². The minimum atomic E-state index is -0.128. The topological polar surface area (TPSA) is 52.7 Å². The second kappa shape index (κ2) is 9.31. The third kappa shape index (κ3) is 5.10. The second-order valence-electron chi connectivity index (χ2n) is 7.19. The third-order valence-corrected chi connectivity index (χ3v) is 7.27. The van der Waals surface area contributed by atoms with Crippen molar-refractivity contribution >= 4 is 51.1 Å². The average Bonchev–Trinajstić information content (AvgIpc) is 3.37. The lowest BCUT2D eigenvalue weighted by atomic mass is 10.2. The van der Waals surface area contributed by atoms with Crippen LogP contribution in [0.25, 0.3) is 10.4 Å². The lowest BCUT2D eigenvalue weighted by Crippen LogP contribution is -2.48. The number of amides is 2. The third-order valence-electron chi connectivity index (χ3n) is 4.93. The summed E-state index contributed by atoms with van der Waals surface area (Å²) in [6, 6.07) is 15.8. The molecule has 4 rings (SSSR count). The Hall–Kier alpha value is -2.19. The van der Waals surface area contributed by atoms with Crippen LogP contribution in [0.1, 0.15) is 21.5 Å². The van der Waals surface area contributed by atoms with Gasteiger partial charge in [-0.15, -0.1) is 22.7 Å². The number of rotatable bonds is 5. The van der Waals surface area contributed by atoms with Crippen LogP contribution in [0.2, 0.25) is 5.02 Å². The van der Waals surface area contributed by atoms with Crippen LogP contribution < -0.4 is 5.32 Å². The Morgan fingerprint density at radius 1 is 1.03 bits per heavy atom. The Morgan fingerprint density at radius 2 is 1.83 bits per heavy atom. The van der Waals surface area contributed by atoms with Gasteiger partial charge in [0.2, 0.25) is 5.91 Å². The summed E-state index contributed by atoms with van der Waals surface area (Å²) in [6.07, 6.45) is 0. The minimum Gasteiger partial charge on any atom is -0.335 e. The van der Waals surface area contributed by atoms with Crippen molar-refractivity contribution in [3.05, 3.63) is 63.3 Å². The summed E-state index contributed by atoms with van der Waals surface area (Å²) >= 11 is 9.22. The molecule has 0 saturated carbocycles. The molecule has 5 nitrogen and oxygen atoms in total. The van der Waals surface area contributed by atoms with Gasteiger partial charge in [0.15, 0.2) is 0 Å². The summed E-state index contributed by atoms with van der Waals surface area (Å²) in [4.78, 5) is 31.4. The number of piperazine rings is 1. The molecule has 0 atom stereocenters. The van der Waals surface area contributed by atoms with E-state index in [4.69, 9.17) is 11.6 Å². The van der Waals surface area contributed by atoms with Crippen LogP contribution in [0, 0.1) is 0 Å². The Labute approximate surface area is 188 Å². The highest BCUT2D eigenvalue weighted by Crippen LogP contribution is 2.30. The van der Waals surface area contributed by atoms with Crippen LogP contribution in [0.5, 0.6) is 0 Å². The van der Waals surface area contributed by atoms with Gasteiger partial charge in [-0.2, -0.15) is 0 Å². The molecule has 1 aromatic carbocycles. The zero-order valence-electron chi connectivity index (χ0n) is 16.6. The number of carbonyl (C=O) groups excluding carboxylic acids is 2. The van der Waals surface area contributed by atoms with Gasteiger partial charge in [-0.05, 0) is 42.0 Å². The summed E-state index contributed by atoms with van der Waals surface area (Å²) in [6.45, 7) is 5.46. The van der Waals surface area contributed by atoms with E-state index >= 15 is 0 Å². The number of nitrogens with zero attached hydrogens (tertiary/aromatic N) is 2. The fourth-order valence-corrected chi connectivity index (χ4v) is 5.60. The van der Waals surface area contributed by atoms with Gasteiger partial charge in [-0.3, -0.25) is 14.5 Å². The molecule has 30 heavy (non-hydrogen) atoms. The predicted octanol–water partition coefficient (Wildman–Crippen LogP) is 5.05. The SMILES string of the molecule is CC(=O)Nc1ccc(C(=O)N2CCN(Cc3ccc(-c4cccc(Cl)c4)s3)CC2)s1. The quantitative estimate of drug-likeness (QED) is 0.581. The molecule has 0 spiro atoms. The van der Waals surface area contributed by atoms with E-state index in [1.54, 1.807) is 23.5 Å². The largest absolute Gasteiger partial charge is 0.335 e. The maximum Gasteiger partial charge on any atom is 0.264 e. The maximum absolute atomic E-state index is 12.7. The van der Waals surface area contributed by atoms with Crippen molar-refractivity contribution in [3.8, 4) is 10.4 Å². The van der Waals surface area contributed by atoms with Gasteiger partial charge >= 0.3 is 0 Å². The molecule has 1 aliphatic heterocycles. The standard InChI is InChI=1S/C22H22ClN3O2S2/c1-15(27)24-21-8-7-20(30-21)22(28)26-11-9-25(10-12-26)14-18-5-6-19(29-18)16-3-2-4-17(23)13-16/h2-8,13H,9-12,14H2,1H3,(H,24,27). The van der Waals surface area contributed by atoms with E-state index in [9.17, 15) is 9.59 Å². The molecular weight excluding hydrogens is 438 g/mol. The van der Waals surface area contributed by atoms with Gasteiger partial charge in [-0.1, -0.05) is 23.7 Å². The predicted molar refractivity (Wildman–Crippen MR) is 125 cm³/mol. The first-order chi connectivity index (χ1) is 14.5. The minimum absolute atomic E-state index is 0.0376. The van der Waals surface area contributed by atoms with Crippen molar-refractivity contribution in [3.63, 3.8) is 0 Å². The van der Waals surface area contributed by atoms with Crippen molar-refractivity contribution in [2.24, 2.45) is 0 Å². The summed E-state index contributed by atoms with van der Waals surface area (Å²) in [5.74, 6) is -0.0906. The zero-order valence-corrected chi connectivity index (χ0v) is 18.9. The van der Waals surface area contributed by atoms with Gasteiger partial charge < -0.3 is 10.2 Å². The van der Waals surface area contributed by atoms with Crippen molar-refractivity contribution in [2.75, 3.05) is 31.5 Å². The number of nitrogens with one attached hydrogen (secondary N) is 1. The van der Waals surface area contributed by atoms with Crippen LogP contribution in [-0.2, 0) is 11.3 Å². The summed E-state index contributed by atoms with van der Waals surface area (Å²) in [7, 11) is 0. The Bertz CT molecular complexity index is 1050. The van der Waals surface area contributed by atoms with Gasteiger partial charge in [0.25, 0.3) is 5.91 Å². The van der Waals surface area contributed by atoms with Gasteiger partial charge in [0.05, 0.1) is 9.88 Å². The number of halogens is 1. The number of hydrogen-bond acceptors (Lipinski definition) is 5. The van der Waals surface area contributed by atoms with E-state index in [-0.39, 0.29) is 11.8 Å². The highest BCUT2D eigenvalue weighted by Gasteiger charge is 2.23. The van der Waals surface area contributed by atoms with E-state index in [1.165, 1.54) is 28.0 Å². The number of hydrogen-bond donors (Lipinski definition) is 1.